The average Bonchev–Trinajstić information content (AvgIpc) is 2.89. The summed E-state index contributed by atoms with van der Waals surface area (Å²) in [4.78, 5) is 16.4. The van der Waals surface area contributed by atoms with Crippen molar-refractivity contribution in [1.82, 2.24) is 0 Å². The van der Waals surface area contributed by atoms with Crippen molar-refractivity contribution in [2.24, 2.45) is 5.92 Å². The fourth-order valence-electron chi connectivity index (χ4n) is 3.23. The molecule has 1 amide bonds. The van der Waals surface area contributed by atoms with Gasteiger partial charge in [-0.3, -0.25) is 4.79 Å². The number of hydrogen-bond acceptors (Lipinski definition) is 3. The van der Waals surface area contributed by atoms with E-state index in [1.165, 1.54) is 24.9 Å². The van der Waals surface area contributed by atoms with E-state index in [0.29, 0.717) is 13.0 Å². The molecule has 2 fully saturated rings. The van der Waals surface area contributed by atoms with Gasteiger partial charge in [-0.05, 0) is 31.4 Å². The summed E-state index contributed by atoms with van der Waals surface area (Å²) in [5.41, 5.74) is 2.18. The molecule has 1 N–H and O–H groups in total. The Kier molecular flexibility index (Phi) is 3.92. The van der Waals surface area contributed by atoms with Crippen molar-refractivity contribution in [2.75, 3.05) is 36.0 Å². The van der Waals surface area contributed by atoms with Crippen LogP contribution in [-0.4, -0.2) is 37.3 Å². The van der Waals surface area contributed by atoms with Crippen LogP contribution in [0.15, 0.2) is 24.3 Å². The minimum atomic E-state index is 0.0805. The zero-order valence-electron chi connectivity index (χ0n) is 11.8. The molecule has 0 saturated carbocycles. The molecule has 0 radical (unpaired) electrons. The summed E-state index contributed by atoms with van der Waals surface area (Å²) in [6.45, 7) is 2.87. The van der Waals surface area contributed by atoms with Gasteiger partial charge >= 0.3 is 0 Å². The second-order valence-corrected chi connectivity index (χ2v) is 5.79. The number of carbonyl (C=O) groups excluding carboxylic acids is 1. The number of aliphatic hydroxyl groups is 1. The molecule has 2 saturated heterocycles. The molecule has 2 aliphatic heterocycles. The molecule has 0 aliphatic carbocycles. The van der Waals surface area contributed by atoms with Gasteiger partial charge in [0.15, 0.2) is 0 Å². The number of carbonyl (C=O) groups is 1. The minimum Gasteiger partial charge on any atom is -0.396 e. The zero-order valence-corrected chi connectivity index (χ0v) is 11.8. The lowest BCUT2D eigenvalue weighted by Crippen LogP contribution is -2.33. The van der Waals surface area contributed by atoms with E-state index >= 15 is 0 Å². The maximum Gasteiger partial charge on any atom is 0.227 e. The molecule has 0 spiro atoms. The molecule has 0 bridgehead atoms. The van der Waals surface area contributed by atoms with Gasteiger partial charge < -0.3 is 14.9 Å². The average molecular weight is 274 g/mol. The number of amides is 1. The third-order valence-corrected chi connectivity index (χ3v) is 4.33. The van der Waals surface area contributed by atoms with Crippen molar-refractivity contribution >= 4 is 17.3 Å². The summed E-state index contributed by atoms with van der Waals surface area (Å²) in [6.07, 6.45) is 4.21. The van der Waals surface area contributed by atoms with Crippen molar-refractivity contribution in [1.29, 1.82) is 0 Å². The summed E-state index contributed by atoms with van der Waals surface area (Å²) >= 11 is 0. The first-order valence-corrected chi connectivity index (χ1v) is 7.55. The van der Waals surface area contributed by atoms with Gasteiger partial charge in [0.25, 0.3) is 0 Å². The SMILES string of the molecule is O=C1CC(CO)CN1c1ccccc1N1CCCCC1. The molecule has 1 aromatic rings. The molecule has 2 heterocycles. The Bertz CT molecular complexity index is 483. The van der Waals surface area contributed by atoms with E-state index in [1.54, 1.807) is 0 Å². The van der Waals surface area contributed by atoms with Crippen LogP contribution in [0, 0.1) is 5.92 Å². The third kappa shape index (κ3) is 2.52. The highest BCUT2D eigenvalue weighted by molar-refractivity contribution is 5.98. The maximum absolute atomic E-state index is 12.2. The Morgan fingerprint density at radius 2 is 1.80 bits per heavy atom. The van der Waals surface area contributed by atoms with Crippen LogP contribution in [0.3, 0.4) is 0 Å². The highest BCUT2D eigenvalue weighted by atomic mass is 16.3. The topological polar surface area (TPSA) is 43.8 Å². The van der Waals surface area contributed by atoms with E-state index in [-0.39, 0.29) is 18.4 Å². The van der Waals surface area contributed by atoms with E-state index in [1.807, 2.05) is 23.1 Å². The Morgan fingerprint density at radius 3 is 2.45 bits per heavy atom. The number of piperidine rings is 1. The first-order chi connectivity index (χ1) is 9.79. The van der Waals surface area contributed by atoms with Crippen LogP contribution in [0.25, 0.3) is 0 Å². The number of rotatable bonds is 3. The molecule has 4 heteroatoms. The second kappa shape index (κ2) is 5.83. The molecule has 1 aromatic carbocycles. The predicted molar refractivity (Wildman–Crippen MR) is 80.1 cm³/mol. The fraction of sp³-hybridized carbons (Fsp3) is 0.562. The monoisotopic (exact) mass is 274 g/mol. The van der Waals surface area contributed by atoms with Gasteiger partial charge in [-0.25, -0.2) is 0 Å². The molecule has 1 atom stereocenters. The Morgan fingerprint density at radius 1 is 1.10 bits per heavy atom. The highest BCUT2D eigenvalue weighted by Crippen LogP contribution is 2.34. The van der Waals surface area contributed by atoms with E-state index < -0.39 is 0 Å². The second-order valence-electron chi connectivity index (χ2n) is 5.79. The molecular weight excluding hydrogens is 252 g/mol. The van der Waals surface area contributed by atoms with Crippen LogP contribution in [0.2, 0.25) is 0 Å². The van der Waals surface area contributed by atoms with Crippen molar-refractivity contribution in [3.8, 4) is 0 Å². The maximum atomic E-state index is 12.2. The van der Waals surface area contributed by atoms with Gasteiger partial charge in [0, 0.05) is 38.6 Å². The standard InChI is InChI=1S/C16H22N2O2/c19-12-13-10-16(20)18(11-13)15-7-3-2-6-14(15)17-8-4-1-5-9-17/h2-3,6-7,13,19H,1,4-5,8-12H2. The van der Waals surface area contributed by atoms with E-state index in [0.717, 1.165) is 18.8 Å². The number of hydrogen-bond donors (Lipinski definition) is 1. The summed E-state index contributed by atoms with van der Waals surface area (Å²) in [5, 5.41) is 9.28. The normalized spacial score (nSPS) is 23.4. The van der Waals surface area contributed by atoms with Gasteiger partial charge in [-0.15, -0.1) is 0 Å². The van der Waals surface area contributed by atoms with E-state index in [4.69, 9.17) is 0 Å². The molecular formula is C16H22N2O2. The number of para-hydroxylation sites is 2. The van der Waals surface area contributed by atoms with Crippen LogP contribution in [0.1, 0.15) is 25.7 Å². The molecule has 108 valence electrons. The van der Waals surface area contributed by atoms with Gasteiger partial charge in [0.1, 0.15) is 0 Å². The summed E-state index contributed by atoms with van der Waals surface area (Å²) in [5.74, 6) is 0.213. The summed E-state index contributed by atoms with van der Waals surface area (Å²) in [7, 11) is 0. The van der Waals surface area contributed by atoms with Crippen molar-refractivity contribution in [3.05, 3.63) is 24.3 Å². The molecule has 1 unspecified atom stereocenters. The van der Waals surface area contributed by atoms with Gasteiger partial charge in [0.2, 0.25) is 5.91 Å². The molecule has 2 aliphatic rings. The fourth-order valence-corrected chi connectivity index (χ4v) is 3.23. The van der Waals surface area contributed by atoms with Gasteiger partial charge in [0.05, 0.1) is 11.4 Å². The molecule has 4 nitrogen and oxygen atoms in total. The van der Waals surface area contributed by atoms with Crippen molar-refractivity contribution < 1.29 is 9.90 Å². The number of aliphatic hydroxyl groups excluding tert-OH is 1. The summed E-state index contributed by atoms with van der Waals surface area (Å²) in [6, 6.07) is 8.17. The number of benzene rings is 1. The number of nitrogens with zero attached hydrogens (tertiary/aromatic N) is 2. The molecule has 20 heavy (non-hydrogen) atoms. The lowest BCUT2D eigenvalue weighted by Gasteiger charge is -2.32. The van der Waals surface area contributed by atoms with Crippen LogP contribution in [-0.2, 0) is 4.79 Å². The Hall–Kier alpha value is -1.55. The van der Waals surface area contributed by atoms with Gasteiger partial charge in [-0.1, -0.05) is 12.1 Å². The van der Waals surface area contributed by atoms with Crippen LogP contribution in [0.4, 0.5) is 11.4 Å². The van der Waals surface area contributed by atoms with Crippen LogP contribution >= 0.6 is 0 Å². The molecule has 3 rings (SSSR count). The van der Waals surface area contributed by atoms with E-state index in [2.05, 4.69) is 11.0 Å². The van der Waals surface area contributed by atoms with Gasteiger partial charge in [-0.2, -0.15) is 0 Å². The smallest absolute Gasteiger partial charge is 0.227 e. The quantitative estimate of drug-likeness (QED) is 0.917. The highest BCUT2D eigenvalue weighted by Gasteiger charge is 2.32. The van der Waals surface area contributed by atoms with Crippen molar-refractivity contribution in [2.45, 2.75) is 25.7 Å². The van der Waals surface area contributed by atoms with Crippen molar-refractivity contribution in [3.63, 3.8) is 0 Å². The van der Waals surface area contributed by atoms with Crippen LogP contribution < -0.4 is 9.80 Å². The predicted octanol–water partition coefficient (Wildman–Crippen LogP) is 2.02. The lowest BCUT2D eigenvalue weighted by molar-refractivity contribution is -0.117. The first kappa shape index (κ1) is 13.4. The lowest BCUT2D eigenvalue weighted by atomic mass is 10.1. The Labute approximate surface area is 120 Å². The Balaban J connectivity index is 1.87. The molecule has 0 aromatic heterocycles. The summed E-state index contributed by atoms with van der Waals surface area (Å²) < 4.78 is 0. The van der Waals surface area contributed by atoms with Crippen LogP contribution in [0.5, 0.6) is 0 Å². The zero-order chi connectivity index (χ0) is 13.9. The number of anilines is 2. The van der Waals surface area contributed by atoms with E-state index in [9.17, 15) is 9.90 Å². The minimum absolute atomic E-state index is 0.0805. The third-order valence-electron chi connectivity index (χ3n) is 4.33. The largest absolute Gasteiger partial charge is 0.396 e. The first-order valence-electron chi connectivity index (χ1n) is 7.55.